The minimum absolute atomic E-state index is 0.0177. The number of hydrogen-bond acceptors (Lipinski definition) is 3. The number of carbonyl (C=O) groups excluding carboxylic acids is 2. The molecule has 0 saturated heterocycles. The molecule has 0 heterocycles. The Morgan fingerprint density at radius 2 is 1.83 bits per heavy atom. The van der Waals surface area contributed by atoms with E-state index in [1.807, 2.05) is 31.2 Å². The molecule has 0 saturated carbocycles. The van der Waals surface area contributed by atoms with Crippen LogP contribution in [0.4, 0.5) is 11.4 Å². The highest BCUT2D eigenvalue weighted by atomic mass is 16.2. The maximum atomic E-state index is 12.3. The molecule has 4 nitrogen and oxygen atoms in total. The summed E-state index contributed by atoms with van der Waals surface area (Å²) in [6, 6.07) is 11.3. The lowest BCUT2D eigenvalue weighted by atomic mass is 10.0. The van der Waals surface area contributed by atoms with Gasteiger partial charge in [-0.15, -0.1) is 0 Å². The molecule has 4 heteroatoms. The first-order valence-electron chi connectivity index (χ1n) is 8.34. The summed E-state index contributed by atoms with van der Waals surface area (Å²) in [6.07, 6.45) is 3.70. The quantitative estimate of drug-likeness (QED) is 0.651. The molecule has 0 atom stereocenters. The maximum Gasteiger partial charge on any atom is 0.224 e. The second kappa shape index (κ2) is 6.87. The highest BCUT2D eigenvalue weighted by molar-refractivity contribution is 6.00. The molecule has 2 aromatic carbocycles. The molecule has 0 spiro atoms. The third kappa shape index (κ3) is 3.65. The van der Waals surface area contributed by atoms with E-state index in [0.29, 0.717) is 16.9 Å². The van der Waals surface area contributed by atoms with Crippen LogP contribution in [0.2, 0.25) is 0 Å². The molecule has 0 aliphatic heterocycles. The minimum Gasteiger partial charge on any atom is -0.399 e. The molecular formula is C20H22N2O2. The summed E-state index contributed by atoms with van der Waals surface area (Å²) in [6.45, 7) is 1.91. The molecule has 3 N–H and O–H groups in total. The molecule has 24 heavy (non-hydrogen) atoms. The number of aryl methyl sites for hydroxylation is 3. The van der Waals surface area contributed by atoms with Gasteiger partial charge in [0.25, 0.3) is 0 Å². The number of carbonyl (C=O) groups is 2. The van der Waals surface area contributed by atoms with E-state index in [-0.39, 0.29) is 24.5 Å². The van der Waals surface area contributed by atoms with Gasteiger partial charge in [-0.1, -0.05) is 18.2 Å². The number of fused-ring (bicyclic) bond motifs is 1. The number of ketones is 1. The van der Waals surface area contributed by atoms with Gasteiger partial charge in [0.2, 0.25) is 5.91 Å². The Balaban J connectivity index is 1.58. The van der Waals surface area contributed by atoms with Crippen LogP contribution in [0.1, 0.15) is 46.3 Å². The topological polar surface area (TPSA) is 72.2 Å². The van der Waals surface area contributed by atoms with E-state index in [2.05, 4.69) is 5.32 Å². The van der Waals surface area contributed by atoms with Crippen molar-refractivity contribution in [2.24, 2.45) is 0 Å². The number of anilines is 2. The number of benzene rings is 2. The molecule has 3 rings (SSSR count). The van der Waals surface area contributed by atoms with Crippen LogP contribution in [-0.2, 0) is 17.6 Å². The minimum atomic E-state index is -0.168. The number of amides is 1. The van der Waals surface area contributed by atoms with Crippen LogP contribution in [0.25, 0.3) is 0 Å². The van der Waals surface area contributed by atoms with E-state index in [1.54, 1.807) is 12.1 Å². The Labute approximate surface area is 142 Å². The zero-order chi connectivity index (χ0) is 17.1. The summed E-state index contributed by atoms with van der Waals surface area (Å²) < 4.78 is 0. The lowest BCUT2D eigenvalue weighted by molar-refractivity contribution is -0.116. The molecule has 2 aromatic rings. The Hall–Kier alpha value is -2.62. The summed E-state index contributed by atoms with van der Waals surface area (Å²) in [5.74, 6) is -0.151. The Bertz CT molecular complexity index is 796. The van der Waals surface area contributed by atoms with E-state index in [9.17, 15) is 9.59 Å². The van der Waals surface area contributed by atoms with E-state index in [4.69, 9.17) is 5.73 Å². The molecule has 0 unspecified atom stereocenters. The van der Waals surface area contributed by atoms with Gasteiger partial charge in [0.05, 0.1) is 0 Å². The number of nitrogen functional groups attached to an aromatic ring is 1. The van der Waals surface area contributed by atoms with Crippen molar-refractivity contribution < 1.29 is 9.59 Å². The molecule has 0 bridgehead atoms. The van der Waals surface area contributed by atoms with Crippen molar-refractivity contribution in [1.82, 2.24) is 0 Å². The summed E-state index contributed by atoms with van der Waals surface area (Å²) in [5.41, 5.74) is 11.3. The average Bonchev–Trinajstić information content (AvgIpc) is 3.03. The summed E-state index contributed by atoms with van der Waals surface area (Å²) in [5, 5.41) is 2.83. The van der Waals surface area contributed by atoms with Crippen LogP contribution < -0.4 is 11.1 Å². The third-order valence-electron chi connectivity index (χ3n) is 4.54. The second-order valence-corrected chi connectivity index (χ2v) is 6.38. The standard InChI is InChI=1S/C20H22N2O2/c1-13-5-8-17(21)12-18(13)22-20(24)10-9-19(23)16-7-6-14-3-2-4-15(14)11-16/h5-8,11-12H,2-4,9-10,21H2,1H3,(H,22,24). The average molecular weight is 322 g/mol. The van der Waals surface area contributed by atoms with Crippen molar-refractivity contribution in [3.8, 4) is 0 Å². The Kier molecular flexibility index (Phi) is 4.65. The van der Waals surface area contributed by atoms with E-state index >= 15 is 0 Å². The maximum absolute atomic E-state index is 12.3. The third-order valence-corrected chi connectivity index (χ3v) is 4.54. The molecule has 1 amide bonds. The normalized spacial score (nSPS) is 12.7. The van der Waals surface area contributed by atoms with Crippen LogP contribution in [0.15, 0.2) is 36.4 Å². The number of hydrogen-bond donors (Lipinski definition) is 2. The second-order valence-electron chi connectivity index (χ2n) is 6.38. The van der Waals surface area contributed by atoms with E-state index < -0.39 is 0 Å². The molecule has 0 radical (unpaired) electrons. The van der Waals surface area contributed by atoms with Gasteiger partial charge in [-0.25, -0.2) is 0 Å². The van der Waals surface area contributed by atoms with Gasteiger partial charge in [0.1, 0.15) is 0 Å². The first kappa shape index (κ1) is 16.2. The lowest BCUT2D eigenvalue weighted by Crippen LogP contribution is -2.14. The Morgan fingerprint density at radius 1 is 1.04 bits per heavy atom. The largest absolute Gasteiger partial charge is 0.399 e. The molecule has 1 aliphatic rings. The number of nitrogens with two attached hydrogens (primary N) is 1. The van der Waals surface area contributed by atoms with E-state index in [0.717, 1.165) is 24.8 Å². The summed E-state index contributed by atoms with van der Waals surface area (Å²) in [4.78, 5) is 24.4. The fourth-order valence-corrected chi connectivity index (χ4v) is 3.10. The van der Waals surface area contributed by atoms with Crippen LogP contribution >= 0.6 is 0 Å². The van der Waals surface area contributed by atoms with Gasteiger partial charge in [-0.3, -0.25) is 9.59 Å². The van der Waals surface area contributed by atoms with Crippen LogP contribution in [0.3, 0.4) is 0 Å². The van der Waals surface area contributed by atoms with E-state index in [1.165, 1.54) is 11.1 Å². The van der Waals surface area contributed by atoms with Crippen LogP contribution in [-0.4, -0.2) is 11.7 Å². The first-order chi connectivity index (χ1) is 11.5. The SMILES string of the molecule is Cc1ccc(N)cc1NC(=O)CCC(=O)c1ccc2c(c1)CCC2. The van der Waals surface area contributed by atoms with Crippen molar-refractivity contribution in [3.05, 3.63) is 58.7 Å². The fourth-order valence-electron chi connectivity index (χ4n) is 3.10. The van der Waals surface area contributed by atoms with Crippen LogP contribution in [0.5, 0.6) is 0 Å². The van der Waals surface area contributed by atoms with Gasteiger partial charge in [0, 0.05) is 29.8 Å². The lowest BCUT2D eigenvalue weighted by Gasteiger charge is -2.09. The van der Waals surface area contributed by atoms with Crippen molar-refractivity contribution >= 4 is 23.1 Å². The highest BCUT2D eigenvalue weighted by Gasteiger charge is 2.15. The van der Waals surface area contributed by atoms with Gasteiger partial charge in [0.15, 0.2) is 5.78 Å². The highest BCUT2D eigenvalue weighted by Crippen LogP contribution is 2.23. The fraction of sp³-hybridized carbons (Fsp3) is 0.300. The van der Waals surface area contributed by atoms with Crippen molar-refractivity contribution in [2.75, 3.05) is 11.1 Å². The van der Waals surface area contributed by atoms with Crippen molar-refractivity contribution in [3.63, 3.8) is 0 Å². The monoisotopic (exact) mass is 322 g/mol. The molecular weight excluding hydrogens is 300 g/mol. The molecule has 0 aromatic heterocycles. The smallest absolute Gasteiger partial charge is 0.224 e. The Morgan fingerprint density at radius 3 is 2.67 bits per heavy atom. The predicted molar refractivity (Wildman–Crippen MR) is 96.3 cm³/mol. The zero-order valence-electron chi connectivity index (χ0n) is 13.9. The van der Waals surface area contributed by atoms with Crippen molar-refractivity contribution in [1.29, 1.82) is 0 Å². The van der Waals surface area contributed by atoms with Gasteiger partial charge >= 0.3 is 0 Å². The molecule has 124 valence electrons. The van der Waals surface area contributed by atoms with Gasteiger partial charge < -0.3 is 11.1 Å². The van der Waals surface area contributed by atoms with Crippen LogP contribution in [0, 0.1) is 6.92 Å². The summed E-state index contributed by atoms with van der Waals surface area (Å²) >= 11 is 0. The summed E-state index contributed by atoms with van der Waals surface area (Å²) in [7, 11) is 0. The van der Waals surface area contributed by atoms with Gasteiger partial charge in [-0.05, 0) is 61.1 Å². The van der Waals surface area contributed by atoms with Crippen molar-refractivity contribution in [2.45, 2.75) is 39.0 Å². The number of Topliss-reactive ketones (excluding diaryl/α,β-unsaturated/α-hetero) is 1. The van der Waals surface area contributed by atoms with Gasteiger partial charge in [-0.2, -0.15) is 0 Å². The number of rotatable bonds is 5. The predicted octanol–water partition coefficient (Wildman–Crippen LogP) is 3.67. The first-order valence-corrected chi connectivity index (χ1v) is 8.34. The zero-order valence-corrected chi connectivity index (χ0v) is 13.9. The molecule has 0 fully saturated rings. The molecule has 1 aliphatic carbocycles. The number of nitrogens with one attached hydrogen (secondary N) is 1.